The number of nitrogens with zero attached hydrogens (tertiary/aromatic N) is 2. The van der Waals surface area contributed by atoms with Crippen LogP contribution in [0, 0.1) is 0 Å². The van der Waals surface area contributed by atoms with Gasteiger partial charge in [0.25, 0.3) is 0 Å². The first kappa shape index (κ1) is 10.8. The molecule has 0 aliphatic rings. The van der Waals surface area contributed by atoms with Gasteiger partial charge in [-0.05, 0) is 24.6 Å². The summed E-state index contributed by atoms with van der Waals surface area (Å²) in [4.78, 5) is 10.1. The molecular formula is C12H11N3S2. The van der Waals surface area contributed by atoms with Crippen LogP contribution in [0.3, 0.4) is 0 Å². The summed E-state index contributed by atoms with van der Waals surface area (Å²) >= 11 is 3.43. The zero-order valence-electron chi connectivity index (χ0n) is 9.30. The van der Waals surface area contributed by atoms with Crippen molar-refractivity contribution in [3.05, 3.63) is 34.8 Å². The van der Waals surface area contributed by atoms with Gasteiger partial charge in [-0.15, -0.1) is 22.7 Å². The van der Waals surface area contributed by atoms with E-state index < -0.39 is 0 Å². The zero-order valence-corrected chi connectivity index (χ0v) is 10.9. The van der Waals surface area contributed by atoms with E-state index in [9.17, 15) is 0 Å². The highest BCUT2D eigenvalue weighted by molar-refractivity contribution is 7.17. The number of aromatic nitrogens is 2. The minimum Gasteiger partial charge on any atom is -0.315 e. The molecule has 0 unspecified atom stereocenters. The van der Waals surface area contributed by atoms with Gasteiger partial charge in [-0.25, -0.2) is 4.98 Å². The lowest BCUT2D eigenvalue weighted by atomic mass is 10.3. The van der Waals surface area contributed by atoms with Crippen molar-refractivity contribution in [2.75, 3.05) is 7.05 Å². The third kappa shape index (κ3) is 2.09. The van der Waals surface area contributed by atoms with Crippen LogP contribution in [0.2, 0.25) is 0 Å². The average molecular weight is 261 g/mol. The van der Waals surface area contributed by atoms with Crippen molar-refractivity contribution in [3.63, 3.8) is 0 Å². The maximum Gasteiger partial charge on any atom is 0.125 e. The summed E-state index contributed by atoms with van der Waals surface area (Å²) in [6.07, 6.45) is 3.83. The molecule has 3 heterocycles. The average Bonchev–Trinajstić information content (AvgIpc) is 2.96. The van der Waals surface area contributed by atoms with Crippen LogP contribution in [0.15, 0.2) is 29.9 Å². The summed E-state index contributed by atoms with van der Waals surface area (Å²) in [6, 6.07) is 4.20. The van der Waals surface area contributed by atoms with Crippen molar-refractivity contribution in [1.29, 1.82) is 0 Å². The highest BCUT2D eigenvalue weighted by atomic mass is 32.1. The van der Waals surface area contributed by atoms with Crippen molar-refractivity contribution >= 4 is 32.9 Å². The lowest BCUT2D eigenvalue weighted by Crippen LogP contribution is -2.02. The highest BCUT2D eigenvalue weighted by Crippen LogP contribution is 2.28. The van der Waals surface area contributed by atoms with Crippen LogP contribution in [-0.2, 0) is 6.54 Å². The minimum absolute atomic E-state index is 0.867. The number of thiazole rings is 1. The zero-order chi connectivity index (χ0) is 11.7. The summed E-state index contributed by atoms with van der Waals surface area (Å²) in [5.74, 6) is 0. The molecule has 0 fully saturated rings. The van der Waals surface area contributed by atoms with E-state index in [1.54, 1.807) is 22.7 Å². The Bertz CT molecular complexity index is 642. The number of fused-ring (bicyclic) bond motifs is 1. The third-order valence-corrected chi connectivity index (χ3v) is 4.35. The molecule has 0 amide bonds. The molecule has 0 aliphatic carbocycles. The predicted octanol–water partition coefficient (Wildman–Crippen LogP) is 3.14. The molecule has 5 heteroatoms. The standard InChI is InChI=1S/C12H11N3S2/c1-13-6-9-7-15-12(17-9)8-4-11-10(14-5-8)2-3-16-11/h2-5,7,13H,6H2,1H3. The molecule has 3 nitrogen and oxygen atoms in total. The minimum atomic E-state index is 0.867. The van der Waals surface area contributed by atoms with Crippen LogP contribution in [0.5, 0.6) is 0 Å². The van der Waals surface area contributed by atoms with Gasteiger partial charge in [0.1, 0.15) is 5.01 Å². The number of hydrogen-bond donors (Lipinski definition) is 1. The maximum atomic E-state index is 4.44. The molecule has 0 bridgehead atoms. The van der Waals surface area contributed by atoms with Crippen LogP contribution in [-0.4, -0.2) is 17.0 Å². The topological polar surface area (TPSA) is 37.8 Å². The van der Waals surface area contributed by atoms with Crippen molar-refractivity contribution in [1.82, 2.24) is 15.3 Å². The number of thiophene rings is 1. The monoisotopic (exact) mass is 261 g/mol. The van der Waals surface area contributed by atoms with Crippen LogP contribution in [0.25, 0.3) is 20.8 Å². The second kappa shape index (κ2) is 4.52. The quantitative estimate of drug-likeness (QED) is 0.787. The Kier molecular flexibility index (Phi) is 2.88. The molecule has 3 aromatic heterocycles. The van der Waals surface area contributed by atoms with Gasteiger partial charge in [0.2, 0.25) is 0 Å². The molecule has 1 N–H and O–H groups in total. The molecule has 3 aromatic rings. The number of nitrogens with one attached hydrogen (secondary N) is 1. The fourth-order valence-electron chi connectivity index (χ4n) is 1.66. The van der Waals surface area contributed by atoms with Crippen molar-refractivity contribution in [3.8, 4) is 10.6 Å². The predicted molar refractivity (Wildman–Crippen MR) is 73.5 cm³/mol. The van der Waals surface area contributed by atoms with E-state index in [0.29, 0.717) is 0 Å². The number of hydrogen-bond acceptors (Lipinski definition) is 5. The van der Waals surface area contributed by atoms with Gasteiger partial charge >= 0.3 is 0 Å². The molecule has 0 spiro atoms. The molecule has 17 heavy (non-hydrogen) atoms. The van der Waals surface area contributed by atoms with E-state index in [1.165, 1.54) is 9.58 Å². The molecule has 0 radical (unpaired) electrons. The molecule has 0 saturated carbocycles. The molecule has 0 aliphatic heterocycles. The third-order valence-electron chi connectivity index (χ3n) is 2.45. The van der Waals surface area contributed by atoms with E-state index in [-0.39, 0.29) is 0 Å². The second-order valence-electron chi connectivity index (χ2n) is 3.69. The fourth-order valence-corrected chi connectivity index (χ4v) is 3.35. The largest absolute Gasteiger partial charge is 0.315 e. The smallest absolute Gasteiger partial charge is 0.125 e. The van der Waals surface area contributed by atoms with E-state index in [4.69, 9.17) is 0 Å². The van der Waals surface area contributed by atoms with Gasteiger partial charge in [0, 0.05) is 29.4 Å². The van der Waals surface area contributed by atoms with Gasteiger partial charge in [-0.3, -0.25) is 4.98 Å². The highest BCUT2D eigenvalue weighted by Gasteiger charge is 2.06. The molecular weight excluding hydrogens is 250 g/mol. The van der Waals surface area contributed by atoms with E-state index >= 15 is 0 Å². The van der Waals surface area contributed by atoms with E-state index in [0.717, 1.165) is 22.6 Å². The number of rotatable bonds is 3. The Morgan fingerprint density at radius 2 is 2.24 bits per heavy atom. The Labute approximate surface area is 107 Å². The lowest BCUT2D eigenvalue weighted by Gasteiger charge is -1.95. The van der Waals surface area contributed by atoms with E-state index in [2.05, 4.69) is 26.7 Å². The van der Waals surface area contributed by atoms with Gasteiger partial charge in [0.05, 0.1) is 10.2 Å². The second-order valence-corrected chi connectivity index (χ2v) is 5.75. The van der Waals surface area contributed by atoms with Crippen molar-refractivity contribution < 1.29 is 0 Å². The Hall–Kier alpha value is -1.30. The fraction of sp³-hybridized carbons (Fsp3) is 0.167. The maximum absolute atomic E-state index is 4.44. The van der Waals surface area contributed by atoms with Crippen molar-refractivity contribution in [2.24, 2.45) is 0 Å². The van der Waals surface area contributed by atoms with E-state index in [1.807, 2.05) is 25.5 Å². The van der Waals surface area contributed by atoms with Gasteiger partial charge in [-0.2, -0.15) is 0 Å². The molecule has 3 rings (SSSR count). The molecule has 0 aromatic carbocycles. The van der Waals surface area contributed by atoms with Crippen LogP contribution < -0.4 is 5.32 Å². The number of pyridine rings is 1. The Morgan fingerprint density at radius 1 is 1.29 bits per heavy atom. The lowest BCUT2D eigenvalue weighted by molar-refractivity contribution is 0.829. The summed E-state index contributed by atoms with van der Waals surface area (Å²) in [7, 11) is 1.94. The first-order valence-electron chi connectivity index (χ1n) is 5.30. The summed E-state index contributed by atoms with van der Waals surface area (Å²) in [5.41, 5.74) is 2.16. The normalized spacial score (nSPS) is 11.1. The molecule has 0 atom stereocenters. The first-order valence-corrected chi connectivity index (χ1v) is 6.99. The SMILES string of the molecule is CNCc1cnc(-c2cnc3ccsc3c2)s1. The molecule has 86 valence electrons. The van der Waals surface area contributed by atoms with Crippen LogP contribution in [0.1, 0.15) is 4.88 Å². The molecule has 0 saturated heterocycles. The summed E-state index contributed by atoms with van der Waals surface area (Å²) in [5, 5.41) is 6.24. The van der Waals surface area contributed by atoms with Gasteiger partial charge in [0.15, 0.2) is 0 Å². The summed E-state index contributed by atoms with van der Waals surface area (Å²) < 4.78 is 1.22. The Balaban J connectivity index is 2.00. The van der Waals surface area contributed by atoms with Gasteiger partial charge < -0.3 is 5.32 Å². The van der Waals surface area contributed by atoms with Gasteiger partial charge in [-0.1, -0.05) is 0 Å². The first-order chi connectivity index (χ1) is 8.36. The van der Waals surface area contributed by atoms with Crippen LogP contribution >= 0.6 is 22.7 Å². The summed E-state index contributed by atoms with van der Waals surface area (Å²) in [6.45, 7) is 0.867. The Morgan fingerprint density at radius 3 is 3.12 bits per heavy atom. The van der Waals surface area contributed by atoms with Crippen molar-refractivity contribution in [2.45, 2.75) is 6.54 Å². The van der Waals surface area contributed by atoms with Crippen LogP contribution in [0.4, 0.5) is 0 Å².